The van der Waals surface area contributed by atoms with Crippen molar-refractivity contribution < 1.29 is 80.2 Å². The number of alkyl halides is 3. The molecular formula is C79H117F3N12O14. The lowest BCUT2D eigenvalue weighted by Gasteiger charge is -2.54. The van der Waals surface area contributed by atoms with Gasteiger partial charge in [0.15, 0.2) is 0 Å². The Bertz CT molecular complexity index is 3610. The van der Waals surface area contributed by atoms with E-state index in [4.69, 9.17) is 9.47 Å². The molecule has 2 aromatic rings. The highest BCUT2D eigenvalue weighted by molar-refractivity contribution is 6.01. The van der Waals surface area contributed by atoms with Crippen LogP contribution in [-0.4, -0.2) is 271 Å². The molecule has 4 fully saturated rings. The van der Waals surface area contributed by atoms with Crippen LogP contribution in [0.4, 0.5) is 13.2 Å². The van der Waals surface area contributed by atoms with Gasteiger partial charge in [-0.2, -0.15) is 13.2 Å². The van der Waals surface area contributed by atoms with Gasteiger partial charge in [-0.3, -0.25) is 57.5 Å². The zero-order chi connectivity index (χ0) is 80.2. The maximum atomic E-state index is 15.8. The fourth-order valence-electron chi connectivity index (χ4n) is 16.2. The molecule has 2 aliphatic carbocycles. The molecule has 0 aromatic heterocycles. The van der Waals surface area contributed by atoms with Gasteiger partial charge in [-0.15, -0.1) is 0 Å². The minimum atomic E-state index is -4.78. The molecule has 3 aliphatic heterocycles. The Morgan fingerprint density at radius 1 is 0.694 bits per heavy atom. The van der Waals surface area contributed by atoms with Gasteiger partial charge in [0.2, 0.25) is 70.9 Å². The Balaban J connectivity index is 1.36. The average Bonchev–Trinajstić information content (AvgIpc) is 0.949. The van der Waals surface area contributed by atoms with Gasteiger partial charge in [0.05, 0.1) is 38.3 Å². The molecule has 2 saturated heterocycles. The fraction of sp³-hybridized carbons (Fsp3) is 0.671. The number of amides is 12. The third-order valence-electron chi connectivity index (χ3n) is 22.4. The van der Waals surface area contributed by atoms with Crippen molar-refractivity contribution in [2.75, 3.05) is 96.3 Å². The number of ether oxygens (including phenoxy) is 2. The molecule has 7 rings (SSSR count). The number of nitrogens with zero attached hydrogens (tertiary/aromatic N) is 9. The predicted molar refractivity (Wildman–Crippen MR) is 399 cm³/mol. The first-order valence-electron chi connectivity index (χ1n) is 38.1. The Morgan fingerprint density at radius 3 is 1.91 bits per heavy atom. The van der Waals surface area contributed by atoms with Crippen LogP contribution in [0.25, 0.3) is 0 Å². The summed E-state index contributed by atoms with van der Waals surface area (Å²) in [7, 11) is 12.5. The number of benzene rings is 2. The number of rotatable bonds is 15. The molecule has 3 N–H and O–H groups in total. The number of carbonyl (C=O) groups is 12. The van der Waals surface area contributed by atoms with Gasteiger partial charge < -0.3 is 69.5 Å². The van der Waals surface area contributed by atoms with Gasteiger partial charge in [0, 0.05) is 88.9 Å². The van der Waals surface area contributed by atoms with Gasteiger partial charge in [-0.1, -0.05) is 110 Å². The van der Waals surface area contributed by atoms with Crippen LogP contribution in [0.1, 0.15) is 161 Å². The molecule has 2 aromatic carbocycles. The molecule has 0 unspecified atom stereocenters. The second kappa shape index (κ2) is 37.2. The number of likely N-dealkylation sites (N-methyl/N-ethyl adjacent to an activating group) is 7. The molecule has 5 aliphatic rings. The van der Waals surface area contributed by atoms with Crippen molar-refractivity contribution in [2.45, 2.75) is 224 Å². The molecule has 0 radical (unpaired) electrons. The van der Waals surface area contributed by atoms with Gasteiger partial charge in [0.1, 0.15) is 59.6 Å². The van der Waals surface area contributed by atoms with Crippen LogP contribution in [0.3, 0.4) is 0 Å². The lowest BCUT2D eigenvalue weighted by molar-refractivity contribution is -0.161. The number of hydrogen-bond acceptors (Lipinski definition) is 14. The number of nitrogens with one attached hydrogen (secondary N) is 3. The maximum Gasteiger partial charge on any atom is 0.419 e. The first-order valence-corrected chi connectivity index (χ1v) is 38.1. The third kappa shape index (κ3) is 20.8. The molecule has 598 valence electrons. The summed E-state index contributed by atoms with van der Waals surface area (Å²) in [6, 6.07) is 0.118. The molecule has 12 amide bonds. The highest BCUT2D eigenvalue weighted by Gasteiger charge is 2.59. The SMILES string of the molecule is CCO[C@@H]1C[C@H]2C(=O)NC3(CC(C)(C)C3)C(=O)N(C)[C@@H](C3CCCC3)C(=O)N(C)[C@H](C(=O)N(C)C)CC(=O)N(C)[C@@H](CC(C)C)C(=O)N[C@@H]([C@@H](C)CC)C(=O)N(C)CC(=O)N(C)[C@H]3C/C=C\CCN(C3=O)[C@@H](Cc3ccc(CC)cc3)C(=O)N(C)CC(=O)N[C@@H](CCc3ccc(C(F)(F)F)c(OC)c3)C(=O)N2C1. The highest BCUT2D eigenvalue weighted by Crippen LogP contribution is 2.50. The quantitative estimate of drug-likeness (QED) is 0.182. The van der Waals surface area contributed by atoms with E-state index < -0.39 is 185 Å². The first kappa shape index (κ1) is 86.6. The number of halogens is 3. The van der Waals surface area contributed by atoms with Gasteiger partial charge in [0.25, 0.3) is 0 Å². The van der Waals surface area contributed by atoms with Gasteiger partial charge >= 0.3 is 6.18 Å². The second-order valence-electron chi connectivity index (χ2n) is 31.8. The minimum Gasteiger partial charge on any atom is -0.496 e. The molecule has 1 spiro atoms. The number of carbonyl (C=O) groups excluding carboxylic acids is 12. The lowest BCUT2D eigenvalue weighted by atomic mass is 9.58. The van der Waals surface area contributed by atoms with Crippen LogP contribution >= 0.6 is 0 Å². The minimum absolute atomic E-state index is 0.000284. The summed E-state index contributed by atoms with van der Waals surface area (Å²) in [5.41, 5.74) is -1.33. The molecule has 108 heavy (non-hydrogen) atoms. The van der Waals surface area contributed by atoms with E-state index in [9.17, 15) is 41.9 Å². The Hall–Kier alpha value is -8.63. The van der Waals surface area contributed by atoms with Crippen molar-refractivity contribution in [3.05, 3.63) is 76.9 Å². The number of hydrogen-bond donors (Lipinski definition) is 3. The summed E-state index contributed by atoms with van der Waals surface area (Å²) in [6.45, 7) is 13.5. The van der Waals surface area contributed by atoms with Crippen LogP contribution in [0.5, 0.6) is 5.75 Å². The predicted octanol–water partition coefficient (Wildman–Crippen LogP) is 5.65. The van der Waals surface area contributed by atoms with Crippen molar-refractivity contribution in [3.8, 4) is 5.75 Å². The van der Waals surface area contributed by atoms with E-state index >= 15 is 28.8 Å². The van der Waals surface area contributed by atoms with Crippen LogP contribution in [0.2, 0.25) is 0 Å². The molecule has 10 atom stereocenters. The van der Waals surface area contributed by atoms with Crippen molar-refractivity contribution in [3.63, 3.8) is 0 Å². The van der Waals surface area contributed by atoms with Crippen molar-refractivity contribution in [2.24, 2.45) is 23.2 Å². The van der Waals surface area contributed by atoms with Gasteiger partial charge in [-0.05, 0) is 123 Å². The van der Waals surface area contributed by atoms with Crippen molar-refractivity contribution in [1.29, 1.82) is 0 Å². The van der Waals surface area contributed by atoms with E-state index in [1.807, 2.05) is 71.9 Å². The number of methoxy groups -OCH3 is 1. The first-order chi connectivity index (χ1) is 50.7. The average molecular weight is 1520 g/mol. The van der Waals surface area contributed by atoms with Gasteiger partial charge in [-0.25, -0.2) is 0 Å². The fourth-order valence-corrected chi connectivity index (χ4v) is 16.2. The smallest absolute Gasteiger partial charge is 0.419 e. The largest absolute Gasteiger partial charge is 0.496 e. The molecule has 3 heterocycles. The second-order valence-corrected chi connectivity index (χ2v) is 31.8. The number of aryl methyl sites for hydroxylation is 2. The molecule has 2 saturated carbocycles. The normalized spacial score (nSPS) is 26.4. The summed E-state index contributed by atoms with van der Waals surface area (Å²) in [5, 5.41) is 8.78. The van der Waals surface area contributed by atoms with Crippen molar-refractivity contribution in [1.82, 2.24) is 60.0 Å². The Kier molecular flexibility index (Phi) is 29.8. The zero-order valence-electron chi connectivity index (χ0n) is 66.3. The lowest BCUT2D eigenvalue weighted by Crippen LogP contribution is -2.71. The van der Waals surface area contributed by atoms with Crippen LogP contribution in [0.15, 0.2) is 54.6 Å². The van der Waals surface area contributed by atoms with Crippen LogP contribution in [-0.2, 0) is 87.7 Å². The van der Waals surface area contributed by atoms with Crippen molar-refractivity contribution >= 4 is 70.9 Å². The Morgan fingerprint density at radius 2 is 1.32 bits per heavy atom. The molecular weight excluding hydrogens is 1400 g/mol. The van der Waals surface area contributed by atoms with E-state index in [0.717, 1.165) is 28.5 Å². The molecule has 29 heteroatoms. The maximum absolute atomic E-state index is 15.8. The summed E-state index contributed by atoms with van der Waals surface area (Å²) in [4.78, 5) is 194. The summed E-state index contributed by atoms with van der Waals surface area (Å²) in [5.74, 6) is -10.0. The van der Waals surface area contributed by atoms with E-state index in [0.29, 0.717) is 44.1 Å². The van der Waals surface area contributed by atoms with E-state index in [2.05, 4.69) is 16.0 Å². The topological polar surface area (TPSA) is 289 Å². The van der Waals surface area contributed by atoms with E-state index in [1.54, 1.807) is 19.9 Å². The summed E-state index contributed by atoms with van der Waals surface area (Å²) < 4.78 is 53.9. The summed E-state index contributed by atoms with van der Waals surface area (Å²) >= 11 is 0. The van der Waals surface area contributed by atoms with E-state index in [-0.39, 0.29) is 89.0 Å². The van der Waals surface area contributed by atoms with E-state index in [1.165, 1.54) is 103 Å². The van der Waals surface area contributed by atoms with Crippen LogP contribution < -0.4 is 20.7 Å². The summed E-state index contributed by atoms with van der Waals surface area (Å²) in [6.07, 6.45) is 0.972. The highest BCUT2D eigenvalue weighted by atomic mass is 19.4. The molecule has 2 bridgehead atoms. The Labute approximate surface area is 634 Å². The monoisotopic (exact) mass is 1510 g/mol. The third-order valence-corrected chi connectivity index (χ3v) is 22.4. The standard InChI is InChI=1S/C79H117F3N12O14/c1-18-49(6)66-74(104)88(12)45-65(97)89(13)57-28-22-21-25-37-93(73(57)103)61(39-51-31-29-50(19-2)30-32-51)72(102)87(11)44-63(95)83-56(36-34-52-33-35-55(79(80,81)82)62(40-52)107-17)70(100)94-43-54(108-20-3)41-59(94)69(99)85-78(46-77(7,8)47-78)76(106)92(16)67(53-26-23-24-27-53)75(105)91(15)60(71(101)86(9)10)42-64(96)90(14)58(38-48(4)5)68(98)84-66/h21-22,29-33,35,40,48-49,53-54,56-61,66-67H,18-20,23-28,34,36-39,41-47H2,1-17H3,(H,83,95)(H,84,98)(H,85,99)/b22-21-/t49-,54+,56-,57-,58-,59-,60-,61-,66-,67-/m0/s1. The van der Waals surface area contributed by atoms with Crippen LogP contribution in [0, 0.1) is 23.2 Å². The zero-order valence-corrected chi connectivity index (χ0v) is 66.3. The molecule has 26 nitrogen and oxygen atoms in total. The number of fused-ring (bicyclic) bond motifs is 3.